The number of benzene rings is 3. The summed E-state index contributed by atoms with van der Waals surface area (Å²) in [5.41, 5.74) is 1.12. The number of nitrogens with zero attached hydrogens (tertiary/aromatic N) is 2. The molecule has 3 aromatic carbocycles. The summed E-state index contributed by atoms with van der Waals surface area (Å²) in [6.07, 6.45) is 0. The molecular weight excluding hydrogens is 496 g/mol. The molecule has 0 atom stereocenters. The van der Waals surface area contributed by atoms with E-state index in [9.17, 15) is 13.2 Å². The van der Waals surface area contributed by atoms with E-state index in [1.165, 1.54) is 37.3 Å². The second-order valence-electron chi connectivity index (χ2n) is 8.02. The summed E-state index contributed by atoms with van der Waals surface area (Å²) < 4.78 is 50.2. The van der Waals surface area contributed by atoms with Crippen molar-refractivity contribution in [2.45, 2.75) is 18.4 Å². The van der Waals surface area contributed by atoms with Crippen LogP contribution in [0.5, 0.6) is 23.0 Å². The normalized spacial score (nSPS) is 10.9. The Bertz CT molecular complexity index is 1310. The monoisotopic (exact) mass is 528 g/mol. The second-order valence-corrected chi connectivity index (χ2v) is 9.88. The Hall–Kier alpha value is -3.92. The van der Waals surface area contributed by atoms with Gasteiger partial charge in [-0.05, 0) is 49.4 Å². The van der Waals surface area contributed by atoms with Gasteiger partial charge >= 0.3 is 0 Å². The third-order valence-corrected chi connectivity index (χ3v) is 7.45. The van der Waals surface area contributed by atoms with Crippen molar-refractivity contribution in [3.8, 4) is 23.0 Å². The Balaban J connectivity index is 1.97. The molecule has 0 fully saturated rings. The van der Waals surface area contributed by atoms with Crippen molar-refractivity contribution in [2.75, 3.05) is 45.8 Å². The summed E-state index contributed by atoms with van der Waals surface area (Å²) in [5, 5.41) is 0. The van der Waals surface area contributed by atoms with E-state index < -0.39 is 22.5 Å². The lowest BCUT2D eigenvalue weighted by molar-refractivity contribution is -0.128. The van der Waals surface area contributed by atoms with Crippen LogP contribution in [-0.4, -0.2) is 60.8 Å². The fraction of sp³-hybridized carbons (Fsp3) is 0.296. The Morgan fingerprint density at radius 3 is 2.11 bits per heavy atom. The van der Waals surface area contributed by atoms with E-state index in [0.717, 1.165) is 9.87 Å². The van der Waals surface area contributed by atoms with E-state index in [1.54, 1.807) is 44.5 Å². The maximum atomic E-state index is 13.8. The van der Waals surface area contributed by atoms with Crippen LogP contribution in [0.1, 0.15) is 12.5 Å². The third kappa shape index (κ3) is 6.45. The van der Waals surface area contributed by atoms with Gasteiger partial charge in [0, 0.05) is 25.2 Å². The van der Waals surface area contributed by atoms with Gasteiger partial charge in [-0.25, -0.2) is 8.42 Å². The molecule has 0 aromatic heterocycles. The molecule has 0 saturated carbocycles. The molecule has 3 rings (SSSR count). The van der Waals surface area contributed by atoms with Crippen molar-refractivity contribution >= 4 is 21.6 Å². The number of carbonyl (C=O) groups excluding carboxylic acids is 1. The lowest BCUT2D eigenvalue weighted by Crippen LogP contribution is -2.41. The molecular formula is C27H32N2O7S. The topological polar surface area (TPSA) is 94.6 Å². The maximum Gasteiger partial charge on any atom is 0.264 e. The predicted octanol–water partition coefficient (Wildman–Crippen LogP) is 3.97. The molecule has 0 bridgehead atoms. The van der Waals surface area contributed by atoms with E-state index in [0.29, 0.717) is 29.5 Å². The van der Waals surface area contributed by atoms with Crippen LogP contribution in [0, 0.1) is 0 Å². The molecule has 0 N–H and O–H groups in total. The number of carbonyl (C=O) groups is 1. The first kappa shape index (κ1) is 27.7. The van der Waals surface area contributed by atoms with Gasteiger partial charge in [-0.2, -0.15) is 0 Å². The lowest BCUT2D eigenvalue weighted by atomic mass is 10.2. The van der Waals surface area contributed by atoms with Crippen molar-refractivity contribution in [3.05, 3.63) is 72.3 Å². The SMILES string of the molecule is CCOc1ccc(N(CC(=O)N(C)Cc2ccccc2OC)S(=O)(=O)c2ccc(OC)c(OC)c2)cc1. The molecule has 37 heavy (non-hydrogen) atoms. The molecule has 0 unspecified atom stereocenters. The largest absolute Gasteiger partial charge is 0.496 e. The molecule has 3 aromatic rings. The molecule has 1 amide bonds. The number of anilines is 1. The minimum absolute atomic E-state index is 0.0424. The highest BCUT2D eigenvalue weighted by atomic mass is 32.2. The predicted molar refractivity (Wildman–Crippen MR) is 141 cm³/mol. The molecule has 10 heteroatoms. The highest BCUT2D eigenvalue weighted by Gasteiger charge is 2.29. The molecule has 9 nitrogen and oxygen atoms in total. The summed E-state index contributed by atoms with van der Waals surface area (Å²) in [6.45, 7) is 2.16. The van der Waals surface area contributed by atoms with E-state index in [1.807, 2.05) is 25.1 Å². The number of amides is 1. The molecule has 0 aliphatic heterocycles. The summed E-state index contributed by atoms with van der Waals surface area (Å²) in [7, 11) is 1.90. The Morgan fingerprint density at radius 1 is 0.838 bits per heavy atom. The number of rotatable bonds is 12. The minimum Gasteiger partial charge on any atom is -0.496 e. The highest BCUT2D eigenvalue weighted by molar-refractivity contribution is 7.92. The van der Waals surface area contributed by atoms with Gasteiger partial charge in [-0.15, -0.1) is 0 Å². The van der Waals surface area contributed by atoms with Crippen LogP contribution in [0.25, 0.3) is 0 Å². The van der Waals surface area contributed by atoms with Gasteiger partial charge in [-0.1, -0.05) is 18.2 Å². The van der Waals surface area contributed by atoms with Gasteiger partial charge < -0.3 is 23.8 Å². The van der Waals surface area contributed by atoms with Gasteiger partial charge in [-0.3, -0.25) is 9.10 Å². The average Bonchev–Trinajstić information content (AvgIpc) is 2.92. The number of likely N-dealkylation sites (N-methyl/N-ethyl adjacent to an activating group) is 1. The van der Waals surface area contributed by atoms with Gasteiger partial charge in [0.15, 0.2) is 11.5 Å². The zero-order chi connectivity index (χ0) is 27.0. The van der Waals surface area contributed by atoms with Crippen molar-refractivity contribution in [1.82, 2.24) is 4.90 Å². The second kappa shape index (κ2) is 12.4. The number of ether oxygens (including phenoxy) is 4. The van der Waals surface area contributed by atoms with Gasteiger partial charge in [0.25, 0.3) is 10.0 Å². The molecule has 0 heterocycles. The molecule has 0 spiro atoms. The average molecular weight is 529 g/mol. The maximum absolute atomic E-state index is 13.8. The van der Waals surface area contributed by atoms with Crippen LogP contribution >= 0.6 is 0 Å². The first-order valence-corrected chi connectivity index (χ1v) is 13.0. The van der Waals surface area contributed by atoms with Gasteiger partial charge in [0.05, 0.1) is 38.5 Å². The zero-order valence-corrected chi connectivity index (χ0v) is 22.4. The quantitative estimate of drug-likeness (QED) is 0.351. The Kier molecular flexibility index (Phi) is 9.24. The van der Waals surface area contributed by atoms with E-state index in [4.69, 9.17) is 18.9 Å². The van der Waals surface area contributed by atoms with Gasteiger partial charge in [0.2, 0.25) is 5.91 Å². The number of methoxy groups -OCH3 is 3. The van der Waals surface area contributed by atoms with Crippen molar-refractivity contribution in [3.63, 3.8) is 0 Å². The summed E-state index contributed by atoms with van der Waals surface area (Å²) in [5.74, 6) is 1.48. The van der Waals surface area contributed by atoms with Crippen molar-refractivity contribution < 1.29 is 32.2 Å². The van der Waals surface area contributed by atoms with Crippen LogP contribution in [0.3, 0.4) is 0 Å². The first-order chi connectivity index (χ1) is 17.7. The van der Waals surface area contributed by atoms with Crippen molar-refractivity contribution in [2.24, 2.45) is 0 Å². The molecule has 0 aliphatic carbocycles. The molecule has 198 valence electrons. The highest BCUT2D eigenvalue weighted by Crippen LogP contribution is 2.33. The minimum atomic E-state index is -4.17. The summed E-state index contributed by atoms with van der Waals surface area (Å²) in [4.78, 5) is 14.7. The molecule has 0 saturated heterocycles. The van der Waals surface area contributed by atoms with Crippen LogP contribution in [0.2, 0.25) is 0 Å². The van der Waals surface area contributed by atoms with Crippen LogP contribution in [0.15, 0.2) is 71.6 Å². The van der Waals surface area contributed by atoms with Gasteiger partial charge in [0.1, 0.15) is 18.0 Å². The van der Waals surface area contributed by atoms with Crippen LogP contribution in [-0.2, 0) is 21.4 Å². The smallest absolute Gasteiger partial charge is 0.264 e. The number of hydrogen-bond acceptors (Lipinski definition) is 7. The number of sulfonamides is 1. The third-order valence-electron chi connectivity index (χ3n) is 5.68. The van der Waals surface area contributed by atoms with E-state index in [-0.39, 0.29) is 17.2 Å². The van der Waals surface area contributed by atoms with Crippen LogP contribution < -0.4 is 23.3 Å². The van der Waals surface area contributed by atoms with Crippen LogP contribution in [0.4, 0.5) is 5.69 Å². The fourth-order valence-electron chi connectivity index (χ4n) is 3.72. The fourth-order valence-corrected chi connectivity index (χ4v) is 5.15. The van der Waals surface area contributed by atoms with E-state index >= 15 is 0 Å². The van der Waals surface area contributed by atoms with E-state index in [2.05, 4.69) is 0 Å². The lowest BCUT2D eigenvalue weighted by Gasteiger charge is -2.27. The molecule has 0 aliphatic rings. The van der Waals surface area contributed by atoms with Crippen molar-refractivity contribution in [1.29, 1.82) is 0 Å². The first-order valence-electron chi connectivity index (χ1n) is 11.6. The summed E-state index contributed by atoms with van der Waals surface area (Å²) in [6, 6.07) is 18.2. The Morgan fingerprint density at radius 2 is 1.49 bits per heavy atom. The Labute approximate surface area is 218 Å². The summed E-state index contributed by atoms with van der Waals surface area (Å²) >= 11 is 0. The number of para-hydroxylation sites is 1. The zero-order valence-electron chi connectivity index (χ0n) is 21.6. The molecule has 0 radical (unpaired) electrons. The number of hydrogen-bond donors (Lipinski definition) is 0. The standard InChI is InChI=1S/C27H32N2O7S/c1-6-36-22-13-11-21(12-14-22)29(37(31,32)23-15-16-25(34-4)26(17-23)35-5)19-27(30)28(2)18-20-9-7-8-10-24(20)33-3/h7-17H,6,18-19H2,1-5H3.